The number of hydrogen-bond acceptors (Lipinski definition) is 3. The van der Waals surface area contributed by atoms with E-state index in [9.17, 15) is 9.59 Å². The van der Waals surface area contributed by atoms with E-state index in [0.717, 1.165) is 6.54 Å². The van der Waals surface area contributed by atoms with Crippen molar-refractivity contribution in [3.63, 3.8) is 0 Å². The number of amides is 2. The number of carbonyl (C=O) groups is 2. The van der Waals surface area contributed by atoms with Gasteiger partial charge in [0.1, 0.15) is 0 Å². The predicted octanol–water partition coefficient (Wildman–Crippen LogP) is 1.78. The standard InChI is InChI=1S/C19H27N3O2/c23-18-14-21(12-11-20-18)19(24)15-22(17-9-5-2-6-10-17)13-16-7-3-1-4-8-16/h1,3-4,7-8,17H,2,5-6,9-15H2,(H,20,23). The minimum absolute atomic E-state index is 0.0538. The molecule has 0 bridgehead atoms. The fourth-order valence-corrected chi connectivity index (χ4v) is 3.70. The molecule has 5 nitrogen and oxygen atoms in total. The monoisotopic (exact) mass is 329 g/mol. The SMILES string of the molecule is O=C1CN(C(=O)CN(Cc2ccccc2)C2CCCCC2)CCN1. The van der Waals surface area contributed by atoms with Crippen molar-refractivity contribution in [1.29, 1.82) is 0 Å². The zero-order valence-corrected chi connectivity index (χ0v) is 14.2. The molecule has 1 N–H and O–H groups in total. The average molecular weight is 329 g/mol. The first kappa shape index (κ1) is 17.0. The van der Waals surface area contributed by atoms with Gasteiger partial charge in [0.05, 0.1) is 13.1 Å². The molecule has 3 rings (SSSR count). The second-order valence-electron chi connectivity index (χ2n) is 6.85. The second kappa shape index (κ2) is 8.29. The van der Waals surface area contributed by atoms with Crippen LogP contribution in [0.3, 0.4) is 0 Å². The molecule has 2 fully saturated rings. The van der Waals surface area contributed by atoms with Gasteiger partial charge in [-0.15, -0.1) is 0 Å². The van der Waals surface area contributed by atoms with E-state index < -0.39 is 0 Å². The Labute approximate surface area is 144 Å². The van der Waals surface area contributed by atoms with E-state index in [-0.39, 0.29) is 18.4 Å². The minimum Gasteiger partial charge on any atom is -0.353 e. The lowest BCUT2D eigenvalue weighted by molar-refractivity contribution is -0.139. The zero-order valence-electron chi connectivity index (χ0n) is 14.2. The minimum atomic E-state index is -0.0538. The van der Waals surface area contributed by atoms with Crippen LogP contribution in [0, 0.1) is 0 Å². The summed E-state index contributed by atoms with van der Waals surface area (Å²) < 4.78 is 0. The molecule has 1 aliphatic heterocycles. The molecule has 1 saturated carbocycles. The Bertz CT molecular complexity index is 555. The molecule has 24 heavy (non-hydrogen) atoms. The molecule has 130 valence electrons. The number of nitrogens with one attached hydrogen (secondary N) is 1. The van der Waals surface area contributed by atoms with Crippen LogP contribution in [-0.4, -0.2) is 53.8 Å². The molecular formula is C19H27N3O2. The van der Waals surface area contributed by atoms with Gasteiger partial charge < -0.3 is 10.2 Å². The fourth-order valence-electron chi connectivity index (χ4n) is 3.70. The van der Waals surface area contributed by atoms with E-state index in [1.165, 1.54) is 37.7 Å². The maximum atomic E-state index is 12.7. The van der Waals surface area contributed by atoms with Gasteiger partial charge in [0.25, 0.3) is 0 Å². The summed E-state index contributed by atoms with van der Waals surface area (Å²) in [4.78, 5) is 28.2. The molecule has 0 atom stereocenters. The van der Waals surface area contributed by atoms with Crippen LogP contribution in [0.1, 0.15) is 37.7 Å². The van der Waals surface area contributed by atoms with Gasteiger partial charge in [-0.2, -0.15) is 0 Å². The Kier molecular flexibility index (Phi) is 5.86. The average Bonchev–Trinajstić information content (AvgIpc) is 2.63. The lowest BCUT2D eigenvalue weighted by Gasteiger charge is -2.36. The quantitative estimate of drug-likeness (QED) is 0.896. The van der Waals surface area contributed by atoms with Crippen molar-refractivity contribution in [2.24, 2.45) is 0 Å². The molecule has 2 amide bonds. The van der Waals surface area contributed by atoms with E-state index >= 15 is 0 Å². The highest BCUT2D eigenvalue weighted by Crippen LogP contribution is 2.24. The van der Waals surface area contributed by atoms with Crippen LogP contribution >= 0.6 is 0 Å². The van der Waals surface area contributed by atoms with Gasteiger partial charge in [-0.05, 0) is 18.4 Å². The van der Waals surface area contributed by atoms with Crippen molar-refractivity contribution in [1.82, 2.24) is 15.1 Å². The topological polar surface area (TPSA) is 52.7 Å². The van der Waals surface area contributed by atoms with E-state index in [4.69, 9.17) is 0 Å². The lowest BCUT2D eigenvalue weighted by atomic mass is 9.93. The molecular weight excluding hydrogens is 302 g/mol. The Morgan fingerprint density at radius 3 is 2.62 bits per heavy atom. The van der Waals surface area contributed by atoms with Crippen molar-refractivity contribution in [3.05, 3.63) is 35.9 Å². The summed E-state index contributed by atoms with van der Waals surface area (Å²) in [7, 11) is 0. The smallest absolute Gasteiger partial charge is 0.239 e. The van der Waals surface area contributed by atoms with E-state index in [0.29, 0.717) is 25.7 Å². The first-order valence-electron chi connectivity index (χ1n) is 9.05. The normalized spacial score (nSPS) is 19.4. The third kappa shape index (κ3) is 4.57. The fraction of sp³-hybridized carbons (Fsp3) is 0.579. The van der Waals surface area contributed by atoms with Gasteiger partial charge in [-0.25, -0.2) is 0 Å². The number of benzene rings is 1. The Morgan fingerprint density at radius 2 is 1.92 bits per heavy atom. The highest BCUT2D eigenvalue weighted by atomic mass is 16.2. The number of piperazine rings is 1. The van der Waals surface area contributed by atoms with Crippen molar-refractivity contribution >= 4 is 11.8 Å². The van der Waals surface area contributed by atoms with Gasteiger partial charge in [-0.3, -0.25) is 14.5 Å². The Hall–Kier alpha value is -1.88. The summed E-state index contributed by atoms with van der Waals surface area (Å²) in [5.74, 6) is 0.0215. The largest absolute Gasteiger partial charge is 0.353 e. The van der Waals surface area contributed by atoms with Crippen molar-refractivity contribution in [3.8, 4) is 0 Å². The molecule has 0 unspecified atom stereocenters. The van der Waals surface area contributed by atoms with Gasteiger partial charge in [0, 0.05) is 25.7 Å². The Morgan fingerprint density at radius 1 is 1.17 bits per heavy atom. The van der Waals surface area contributed by atoms with Crippen LogP contribution in [-0.2, 0) is 16.1 Å². The zero-order chi connectivity index (χ0) is 16.8. The molecule has 1 aromatic rings. The number of rotatable bonds is 5. The van der Waals surface area contributed by atoms with Gasteiger partial charge in [-0.1, -0.05) is 49.6 Å². The van der Waals surface area contributed by atoms with Crippen LogP contribution in [0.5, 0.6) is 0 Å². The molecule has 1 heterocycles. The van der Waals surface area contributed by atoms with Crippen molar-refractivity contribution in [2.75, 3.05) is 26.2 Å². The van der Waals surface area contributed by atoms with E-state index in [1.807, 2.05) is 18.2 Å². The van der Waals surface area contributed by atoms with Crippen LogP contribution < -0.4 is 5.32 Å². The van der Waals surface area contributed by atoms with Crippen LogP contribution in [0.4, 0.5) is 0 Å². The molecule has 1 saturated heterocycles. The summed E-state index contributed by atoms with van der Waals surface area (Å²) in [6.07, 6.45) is 6.13. The third-order valence-corrected chi connectivity index (χ3v) is 5.05. The first-order valence-corrected chi connectivity index (χ1v) is 9.05. The van der Waals surface area contributed by atoms with E-state index in [1.54, 1.807) is 4.90 Å². The summed E-state index contributed by atoms with van der Waals surface area (Å²) in [5.41, 5.74) is 1.24. The molecule has 1 aliphatic carbocycles. The van der Waals surface area contributed by atoms with Crippen LogP contribution in [0.15, 0.2) is 30.3 Å². The highest BCUT2D eigenvalue weighted by molar-refractivity contribution is 5.86. The van der Waals surface area contributed by atoms with Crippen molar-refractivity contribution in [2.45, 2.75) is 44.7 Å². The number of hydrogen-bond donors (Lipinski definition) is 1. The molecule has 0 aromatic heterocycles. The molecule has 1 aromatic carbocycles. The van der Waals surface area contributed by atoms with E-state index in [2.05, 4.69) is 22.3 Å². The first-order chi connectivity index (χ1) is 11.7. The van der Waals surface area contributed by atoms with Gasteiger partial charge in [0.2, 0.25) is 11.8 Å². The molecule has 2 aliphatic rings. The predicted molar refractivity (Wildman–Crippen MR) is 93.3 cm³/mol. The number of carbonyl (C=O) groups excluding carboxylic acids is 2. The van der Waals surface area contributed by atoms with Gasteiger partial charge >= 0.3 is 0 Å². The summed E-state index contributed by atoms with van der Waals surface area (Å²) in [5, 5.41) is 2.78. The summed E-state index contributed by atoms with van der Waals surface area (Å²) in [6.45, 7) is 2.59. The van der Waals surface area contributed by atoms with Crippen LogP contribution in [0.2, 0.25) is 0 Å². The summed E-state index contributed by atoms with van der Waals surface area (Å²) in [6, 6.07) is 10.8. The molecule has 5 heteroatoms. The molecule has 0 spiro atoms. The second-order valence-corrected chi connectivity index (χ2v) is 6.85. The highest BCUT2D eigenvalue weighted by Gasteiger charge is 2.27. The van der Waals surface area contributed by atoms with Crippen molar-refractivity contribution < 1.29 is 9.59 Å². The number of nitrogens with zero attached hydrogens (tertiary/aromatic N) is 2. The van der Waals surface area contributed by atoms with Crippen LogP contribution in [0.25, 0.3) is 0 Å². The molecule has 0 radical (unpaired) electrons. The third-order valence-electron chi connectivity index (χ3n) is 5.05. The lowest BCUT2D eigenvalue weighted by Crippen LogP contribution is -2.53. The summed E-state index contributed by atoms with van der Waals surface area (Å²) >= 11 is 0. The maximum Gasteiger partial charge on any atom is 0.239 e. The Balaban J connectivity index is 1.66. The maximum absolute atomic E-state index is 12.7. The van der Waals surface area contributed by atoms with Gasteiger partial charge in [0.15, 0.2) is 0 Å².